The fourth-order valence-corrected chi connectivity index (χ4v) is 3.94. The van der Waals surface area contributed by atoms with Gasteiger partial charge in [0.1, 0.15) is 11.8 Å². The number of hydrogen-bond donors (Lipinski definition) is 1. The van der Waals surface area contributed by atoms with E-state index in [0.717, 1.165) is 35.6 Å². The Hall–Kier alpha value is -3.28. The molecule has 31 heavy (non-hydrogen) atoms. The van der Waals surface area contributed by atoms with Crippen molar-refractivity contribution < 1.29 is 41.4 Å². The van der Waals surface area contributed by atoms with Crippen molar-refractivity contribution in [3.8, 4) is 5.75 Å². The van der Waals surface area contributed by atoms with Crippen LogP contribution in [0.1, 0.15) is 29.7 Å². The van der Waals surface area contributed by atoms with Crippen LogP contribution in [-0.4, -0.2) is 27.9 Å². The first-order valence-electron chi connectivity index (χ1n) is 8.68. The fourth-order valence-electron chi connectivity index (χ4n) is 2.85. The van der Waals surface area contributed by atoms with Gasteiger partial charge in [-0.15, -0.1) is 13.2 Å². The fraction of sp³-hybridized carbons (Fsp3) is 0.211. The molecule has 1 N–H and O–H groups in total. The molecule has 1 atom stereocenters. The smallest absolute Gasteiger partial charge is 0.480 e. The Balaban J connectivity index is 2.19. The van der Waals surface area contributed by atoms with Crippen LogP contribution in [0, 0.1) is 11.6 Å². The number of carbonyl (C=O) groups is 2. The second-order valence-corrected chi connectivity index (χ2v) is 7.25. The van der Waals surface area contributed by atoms with E-state index in [0.29, 0.717) is 6.07 Å². The number of halogens is 5. The van der Waals surface area contributed by atoms with Crippen LogP contribution in [0.25, 0.3) is 10.2 Å². The molecule has 6 nitrogen and oxygen atoms in total. The highest BCUT2D eigenvalue weighted by Crippen LogP contribution is 2.30. The van der Waals surface area contributed by atoms with Crippen molar-refractivity contribution in [2.45, 2.75) is 25.7 Å². The maximum atomic E-state index is 13.4. The van der Waals surface area contributed by atoms with Crippen LogP contribution in [0.2, 0.25) is 0 Å². The lowest BCUT2D eigenvalue weighted by atomic mass is 10.2. The molecule has 0 aliphatic carbocycles. The highest BCUT2D eigenvalue weighted by Gasteiger charge is 2.31. The zero-order valence-corrected chi connectivity index (χ0v) is 16.4. The molecule has 0 radical (unpaired) electrons. The highest BCUT2D eigenvalue weighted by molar-refractivity contribution is 7.16. The summed E-state index contributed by atoms with van der Waals surface area (Å²) >= 11 is 0.752. The van der Waals surface area contributed by atoms with E-state index in [4.69, 9.17) is 0 Å². The lowest BCUT2D eigenvalue weighted by molar-refractivity contribution is -0.274. The SMILES string of the molecule is CCC(C(=O)O)n1c(=NC(=O)c2ccc(F)c(F)c2)sc2cc(OC(F)(F)F)ccc21. The summed E-state index contributed by atoms with van der Waals surface area (Å²) < 4.78 is 69.3. The number of rotatable bonds is 5. The minimum atomic E-state index is -4.93. The molecule has 2 aromatic carbocycles. The van der Waals surface area contributed by atoms with Gasteiger partial charge < -0.3 is 14.4 Å². The number of carbonyl (C=O) groups excluding carboxylic acids is 1. The van der Waals surface area contributed by atoms with Crippen molar-refractivity contribution >= 4 is 33.4 Å². The average molecular weight is 460 g/mol. The molecule has 3 rings (SSSR count). The summed E-state index contributed by atoms with van der Waals surface area (Å²) in [5, 5.41) is 9.55. The number of carboxylic acid groups (broad SMARTS) is 1. The molecule has 1 unspecified atom stereocenters. The molecule has 3 aromatic rings. The first kappa shape index (κ1) is 22.4. The number of nitrogens with zero attached hydrogens (tertiary/aromatic N) is 2. The van der Waals surface area contributed by atoms with Gasteiger partial charge in [0.05, 0.1) is 10.2 Å². The predicted molar refractivity (Wildman–Crippen MR) is 99.7 cm³/mol. The Morgan fingerprint density at radius 1 is 1.16 bits per heavy atom. The maximum absolute atomic E-state index is 13.4. The number of aromatic nitrogens is 1. The number of benzene rings is 2. The molecular weight excluding hydrogens is 447 g/mol. The van der Waals surface area contributed by atoms with Gasteiger partial charge in [-0.05, 0) is 42.8 Å². The average Bonchev–Trinajstić information content (AvgIpc) is 3.00. The highest BCUT2D eigenvalue weighted by atomic mass is 32.1. The van der Waals surface area contributed by atoms with E-state index in [9.17, 15) is 36.6 Å². The summed E-state index contributed by atoms with van der Waals surface area (Å²) in [6.45, 7) is 1.57. The Labute approximate surface area is 174 Å². The van der Waals surface area contributed by atoms with Gasteiger partial charge in [0.15, 0.2) is 16.4 Å². The van der Waals surface area contributed by atoms with Crippen molar-refractivity contribution in [1.29, 1.82) is 0 Å². The second kappa shape index (κ2) is 8.46. The van der Waals surface area contributed by atoms with E-state index in [1.54, 1.807) is 6.92 Å². The van der Waals surface area contributed by atoms with E-state index >= 15 is 0 Å². The van der Waals surface area contributed by atoms with Crippen LogP contribution in [0.15, 0.2) is 41.4 Å². The Morgan fingerprint density at radius 2 is 1.87 bits per heavy atom. The van der Waals surface area contributed by atoms with Gasteiger partial charge in [-0.3, -0.25) is 4.79 Å². The molecule has 164 valence electrons. The van der Waals surface area contributed by atoms with Gasteiger partial charge in [0, 0.05) is 5.56 Å². The van der Waals surface area contributed by atoms with Gasteiger partial charge in [0.2, 0.25) is 0 Å². The quantitative estimate of drug-likeness (QED) is 0.562. The predicted octanol–water partition coefficient (Wildman–Crippen LogP) is 4.66. The largest absolute Gasteiger partial charge is 0.573 e. The number of fused-ring (bicyclic) bond motifs is 1. The van der Waals surface area contributed by atoms with Crippen molar-refractivity contribution in [2.75, 3.05) is 0 Å². The van der Waals surface area contributed by atoms with Crippen LogP contribution in [0.5, 0.6) is 5.75 Å². The molecule has 1 aromatic heterocycles. The lowest BCUT2D eigenvalue weighted by Crippen LogP contribution is -2.27. The van der Waals surface area contributed by atoms with Crippen molar-refractivity contribution in [3.63, 3.8) is 0 Å². The third-order valence-electron chi connectivity index (χ3n) is 4.18. The lowest BCUT2D eigenvalue weighted by Gasteiger charge is -2.14. The molecule has 0 spiro atoms. The molecule has 1 amide bonds. The number of carboxylic acids is 1. The van der Waals surface area contributed by atoms with Crippen LogP contribution >= 0.6 is 11.3 Å². The molecule has 0 aliphatic rings. The minimum Gasteiger partial charge on any atom is -0.480 e. The molecule has 0 saturated carbocycles. The summed E-state index contributed by atoms with van der Waals surface area (Å²) in [5.41, 5.74) is -0.0713. The first-order chi connectivity index (χ1) is 14.5. The monoisotopic (exact) mass is 460 g/mol. The summed E-state index contributed by atoms with van der Waals surface area (Å²) in [7, 11) is 0. The number of amides is 1. The minimum absolute atomic E-state index is 0.0779. The third-order valence-corrected chi connectivity index (χ3v) is 5.20. The zero-order chi connectivity index (χ0) is 22.9. The number of aliphatic carboxylic acids is 1. The van der Waals surface area contributed by atoms with Gasteiger partial charge in [-0.25, -0.2) is 13.6 Å². The summed E-state index contributed by atoms with van der Waals surface area (Å²) in [6, 6.07) is 4.48. The molecule has 0 bridgehead atoms. The van der Waals surface area contributed by atoms with E-state index in [1.165, 1.54) is 10.6 Å². The van der Waals surface area contributed by atoms with E-state index in [-0.39, 0.29) is 27.0 Å². The van der Waals surface area contributed by atoms with Crippen molar-refractivity contribution in [2.24, 2.45) is 4.99 Å². The van der Waals surface area contributed by atoms with E-state index < -0.39 is 41.7 Å². The molecule has 0 saturated heterocycles. The molecule has 0 aliphatic heterocycles. The zero-order valence-electron chi connectivity index (χ0n) is 15.6. The topological polar surface area (TPSA) is 80.9 Å². The van der Waals surface area contributed by atoms with Crippen LogP contribution in [0.3, 0.4) is 0 Å². The van der Waals surface area contributed by atoms with Gasteiger partial charge in [-0.1, -0.05) is 18.3 Å². The van der Waals surface area contributed by atoms with E-state index in [2.05, 4.69) is 9.73 Å². The van der Waals surface area contributed by atoms with Crippen LogP contribution in [-0.2, 0) is 4.79 Å². The standard InChI is InChI=1S/C19H13F5N2O4S/c1-2-13(17(28)29)26-14-6-4-10(30-19(22,23)24)8-15(14)31-18(26)25-16(27)9-3-5-11(20)12(21)7-9/h3-8,13H,2H2,1H3,(H,28,29). The number of alkyl halides is 3. The molecule has 0 fully saturated rings. The number of thiazole rings is 1. The second-order valence-electron chi connectivity index (χ2n) is 6.24. The first-order valence-corrected chi connectivity index (χ1v) is 9.49. The Bertz CT molecular complexity index is 1230. The maximum Gasteiger partial charge on any atom is 0.573 e. The molecule has 12 heteroatoms. The third kappa shape index (κ3) is 4.90. The summed E-state index contributed by atoms with van der Waals surface area (Å²) in [6.07, 6.45) is -4.85. The van der Waals surface area contributed by atoms with Crippen molar-refractivity contribution in [3.05, 3.63) is 58.4 Å². The Morgan fingerprint density at radius 3 is 2.45 bits per heavy atom. The van der Waals surface area contributed by atoms with E-state index in [1.807, 2.05) is 0 Å². The Kier molecular flexibility index (Phi) is 6.11. The normalized spacial score (nSPS) is 13.4. The number of ether oxygens (including phenoxy) is 1. The van der Waals surface area contributed by atoms with Gasteiger partial charge >= 0.3 is 12.3 Å². The summed E-state index contributed by atoms with van der Waals surface area (Å²) in [4.78, 5) is 27.9. The molecular formula is C19H13F5N2O4S. The van der Waals surface area contributed by atoms with Gasteiger partial charge in [0.25, 0.3) is 5.91 Å². The van der Waals surface area contributed by atoms with Crippen LogP contribution < -0.4 is 9.54 Å². The van der Waals surface area contributed by atoms with Gasteiger partial charge in [-0.2, -0.15) is 4.99 Å². The van der Waals surface area contributed by atoms with Crippen molar-refractivity contribution in [1.82, 2.24) is 4.57 Å². The summed E-state index contributed by atoms with van der Waals surface area (Å²) in [5.74, 6) is -5.19. The molecule has 1 heterocycles. The number of hydrogen-bond acceptors (Lipinski definition) is 4. The van der Waals surface area contributed by atoms with Crippen LogP contribution in [0.4, 0.5) is 22.0 Å².